The molecule has 1 saturated heterocycles. The number of hydrogen-bond acceptors (Lipinski definition) is 9. The second-order valence-electron chi connectivity index (χ2n) is 8.47. The van der Waals surface area contributed by atoms with Gasteiger partial charge in [-0.05, 0) is 53.1 Å². The van der Waals surface area contributed by atoms with E-state index in [0.717, 1.165) is 11.1 Å². The molecule has 2 aliphatic rings. The number of nitrogens with zero attached hydrogens (tertiary/aromatic N) is 4. The predicted octanol–water partition coefficient (Wildman–Crippen LogP) is 3.86. The highest BCUT2D eigenvalue weighted by atomic mass is 32.2. The van der Waals surface area contributed by atoms with E-state index >= 15 is 0 Å². The van der Waals surface area contributed by atoms with Gasteiger partial charge in [0.05, 0.1) is 12.0 Å². The number of thioether (sulfide) groups is 1. The van der Waals surface area contributed by atoms with Gasteiger partial charge in [-0.2, -0.15) is 0 Å². The zero-order valence-corrected chi connectivity index (χ0v) is 21.0. The third-order valence-corrected chi connectivity index (χ3v) is 7.44. The standard InChI is InChI=1S/C27H22N4O6S/c1-36-21-8-4-18(5-9-21)15-37-27(33)24-22(19-10-12-28-13-11-19)16-38-26-23(25(32)30(24)26)29-14-17-2-6-20(7-3-17)31(34)35/h2-14,23,26H,15-16H2,1H3/t23-,26+/m0/s1. The predicted molar refractivity (Wildman–Crippen MR) is 142 cm³/mol. The van der Waals surface area contributed by atoms with Crippen LogP contribution < -0.4 is 4.74 Å². The molecule has 38 heavy (non-hydrogen) atoms. The molecule has 11 heteroatoms. The summed E-state index contributed by atoms with van der Waals surface area (Å²) in [5.41, 5.74) is 3.08. The van der Waals surface area contributed by atoms with Gasteiger partial charge < -0.3 is 9.47 Å². The summed E-state index contributed by atoms with van der Waals surface area (Å²) in [5.74, 6) is 0.267. The molecule has 2 aromatic carbocycles. The first-order valence-electron chi connectivity index (χ1n) is 11.6. The average Bonchev–Trinajstić information content (AvgIpc) is 2.96. The summed E-state index contributed by atoms with van der Waals surface area (Å²) in [7, 11) is 1.58. The van der Waals surface area contributed by atoms with Gasteiger partial charge in [0, 0.05) is 42.1 Å². The molecule has 2 aliphatic heterocycles. The Morgan fingerprint density at radius 2 is 1.87 bits per heavy atom. The first-order valence-corrected chi connectivity index (χ1v) is 12.7. The van der Waals surface area contributed by atoms with Crippen LogP contribution in [-0.4, -0.2) is 57.2 Å². The fourth-order valence-electron chi connectivity index (χ4n) is 4.15. The summed E-state index contributed by atoms with van der Waals surface area (Å²) in [6.45, 7) is 0.0392. The van der Waals surface area contributed by atoms with Crippen molar-refractivity contribution in [3.8, 4) is 5.75 Å². The normalized spacial score (nSPS) is 18.7. The van der Waals surface area contributed by atoms with E-state index in [1.807, 2.05) is 12.1 Å². The van der Waals surface area contributed by atoms with Crippen molar-refractivity contribution < 1.29 is 24.0 Å². The molecule has 0 spiro atoms. The van der Waals surface area contributed by atoms with E-state index in [4.69, 9.17) is 9.47 Å². The summed E-state index contributed by atoms with van der Waals surface area (Å²) in [6.07, 6.45) is 4.79. The molecule has 0 radical (unpaired) electrons. The largest absolute Gasteiger partial charge is 0.497 e. The van der Waals surface area contributed by atoms with Crippen LogP contribution >= 0.6 is 11.8 Å². The Bertz CT molecular complexity index is 1420. The number of fused-ring (bicyclic) bond motifs is 1. The summed E-state index contributed by atoms with van der Waals surface area (Å²) >= 11 is 1.51. The molecule has 0 N–H and O–H groups in total. The molecule has 2 atom stereocenters. The number of aromatic nitrogens is 1. The second-order valence-corrected chi connectivity index (χ2v) is 9.57. The minimum atomic E-state index is -0.682. The molecule has 1 aromatic heterocycles. The minimum absolute atomic E-state index is 0.0255. The molecule has 0 unspecified atom stereocenters. The number of non-ortho nitro benzene ring substituents is 1. The van der Waals surface area contributed by atoms with Crippen molar-refractivity contribution in [2.75, 3.05) is 12.9 Å². The van der Waals surface area contributed by atoms with Crippen molar-refractivity contribution in [2.24, 2.45) is 4.99 Å². The molecule has 192 valence electrons. The Morgan fingerprint density at radius 3 is 2.53 bits per heavy atom. The smallest absolute Gasteiger partial charge is 0.355 e. The maximum atomic E-state index is 13.4. The minimum Gasteiger partial charge on any atom is -0.497 e. The zero-order chi connectivity index (χ0) is 26.6. The first-order chi connectivity index (χ1) is 18.5. The fourth-order valence-corrected chi connectivity index (χ4v) is 5.52. The SMILES string of the molecule is COc1ccc(COC(=O)C2=C(c3ccncc3)CS[C@@H]3[C@@H](N=Cc4ccc([N+](=O)[O-])cc4)C(=O)N23)cc1. The highest BCUT2D eigenvalue weighted by molar-refractivity contribution is 8.00. The van der Waals surface area contributed by atoms with Crippen LogP contribution in [0.25, 0.3) is 5.57 Å². The highest BCUT2D eigenvalue weighted by Crippen LogP contribution is 2.44. The van der Waals surface area contributed by atoms with Crippen LogP contribution in [0, 0.1) is 10.1 Å². The number of ether oxygens (including phenoxy) is 2. The van der Waals surface area contributed by atoms with E-state index in [9.17, 15) is 19.7 Å². The summed E-state index contributed by atoms with van der Waals surface area (Å²) in [4.78, 5) is 46.9. The van der Waals surface area contributed by atoms with Crippen LogP contribution in [0.2, 0.25) is 0 Å². The molecule has 0 bridgehead atoms. The Hall–Kier alpha value is -4.51. The maximum Gasteiger partial charge on any atom is 0.355 e. The molecule has 3 aromatic rings. The van der Waals surface area contributed by atoms with Gasteiger partial charge in [-0.3, -0.25) is 29.8 Å². The monoisotopic (exact) mass is 530 g/mol. The summed E-state index contributed by atoms with van der Waals surface area (Å²) in [5, 5.41) is 10.5. The maximum absolute atomic E-state index is 13.4. The number of pyridine rings is 1. The Balaban J connectivity index is 1.37. The average molecular weight is 531 g/mol. The van der Waals surface area contributed by atoms with E-state index in [1.165, 1.54) is 35.0 Å². The highest BCUT2D eigenvalue weighted by Gasteiger charge is 2.54. The molecule has 1 amide bonds. The lowest BCUT2D eigenvalue weighted by Gasteiger charge is -2.48. The van der Waals surface area contributed by atoms with Crippen molar-refractivity contribution >= 4 is 41.1 Å². The Labute approximate surface area is 222 Å². The molecule has 1 fully saturated rings. The number of rotatable bonds is 8. The number of amides is 1. The van der Waals surface area contributed by atoms with Crippen molar-refractivity contribution in [2.45, 2.75) is 18.0 Å². The number of aliphatic imine (C=N–C) groups is 1. The van der Waals surface area contributed by atoms with Crippen LogP contribution in [0.15, 0.2) is 83.7 Å². The lowest BCUT2D eigenvalue weighted by Crippen LogP contribution is -2.64. The lowest BCUT2D eigenvalue weighted by molar-refractivity contribution is -0.384. The number of hydrogen-bond donors (Lipinski definition) is 0. The van der Waals surface area contributed by atoms with Crippen LogP contribution in [-0.2, 0) is 20.9 Å². The zero-order valence-electron chi connectivity index (χ0n) is 20.2. The lowest BCUT2D eigenvalue weighted by atomic mass is 9.99. The van der Waals surface area contributed by atoms with Gasteiger partial charge >= 0.3 is 5.97 Å². The van der Waals surface area contributed by atoms with Gasteiger partial charge in [0.15, 0.2) is 6.04 Å². The van der Waals surface area contributed by atoms with Gasteiger partial charge in [-0.25, -0.2) is 4.79 Å². The van der Waals surface area contributed by atoms with Gasteiger partial charge in [-0.15, -0.1) is 11.8 Å². The number of nitro benzene ring substituents is 1. The van der Waals surface area contributed by atoms with Crippen LogP contribution in [0.5, 0.6) is 5.75 Å². The number of nitro groups is 1. The molecule has 0 saturated carbocycles. The van der Waals surface area contributed by atoms with Crippen LogP contribution in [0.3, 0.4) is 0 Å². The van der Waals surface area contributed by atoms with Crippen LogP contribution in [0.4, 0.5) is 5.69 Å². The van der Waals surface area contributed by atoms with E-state index in [-0.39, 0.29) is 29.3 Å². The number of methoxy groups -OCH3 is 1. The van der Waals surface area contributed by atoms with E-state index < -0.39 is 16.9 Å². The number of carbonyl (C=O) groups excluding carboxylic acids is 2. The van der Waals surface area contributed by atoms with E-state index in [2.05, 4.69) is 9.98 Å². The van der Waals surface area contributed by atoms with Crippen molar-refractivity contribution in [1.29, 1.82) is 0 Å². The molecule has 0 aliphatic carbocycles. The number of β-lactam (4-membered cyclic amide) rings is 1. The van der Waals surface area contributed by atoms with Gasteiger partial charge in [0.1, 0.15) is 23.4 Å². The molecule has 3 heterocycles. The number of esters is 1. The van der Waals surface area contributed by atoms with Crippen molar-refractivity contribution in [1.82, 2.24) is 9.88 Å². The third-order valence-electron chi connectivity index (χ3n) is 6.18. The number of benzene rings is 2. The molecular weight excluding hydrogens is 508 g/mol. The quantitative estimate of drug-likeness (QED) is 0.141. The van der Waals surface area contributed by atoms with Crippen molar-refractivity contribution in [3.05, 3.63) is 106 Å². The van der Waals surface area contributed by atoms with E-state index in [0.29, 0.717) is 22.6 Å². The topological polar surface area (TPSA) is 124 Å². The Morgan fingerprint density at radius 1 is 1.16 bits per heavy atom. The van der Waals surface area contributed by atoms with Crippen LogP contribution in [0.1, 0.15) is 16.7 Å². The molecule has 5 rings (SSSR count). The van der Waals surface area contributed by atoms with Gasteiger partial charge in [-0.1, -0.05) is 12.1 Å². The Kier molecular flexibility index (Phi) is 7.18. The molecule has 10 nitrogen and oxygen atoms in total. The van der Waals surface area contributed by atoms with E-state index in [1.54, 1.807) is 55.9 Å². The van der Waals surface area contributed by atoms with Gasteiger partial charge in [0.25, 0.3) is 11.6 Å². The second kappa shape index (κ2) is 10.9. The summed E-state index contributed by atoms with van der Waals surface area (Å²) < 4.78 is 10.8. The molecular formula is C27H22N4O6S. The fraction of sp³-hybridized carbons (Fsp3) is 0.185. The first kappa shape index (κ1) is 25.2. The van der Waals surface area contributed by atoms with Crippen molar-refractivity contribution in [3.63, 3.8) is 0 Å². The summed E-state index contributed by atoms with van der Waals surface area (Å²) in [6, 6.07) is 16.0. The third kappa shape index (κ3) is 5.00. The van der Waals surface area contributed by atoms with Gasteiger partial charge in [0.2, 0.25) is 0 Å². The number of carbonyl (C=O) groups is 2.